The van der Waals surface area contributed by atoms with Gasteiger partial charge in [-0.05, 0) is 18.1 Å². The minimum absolute atomic E-state index is 0.0566. The molecule has 0 aliphatic heterocycles. The van der Waals surface area contributed by atoms with Crippen molar-refractivity contribution in [2.24, 2.45) is 5.73 Å². The smallest absolute Gasteiger partial charge is 0.322 e. The number of benzene rings is 1. The highest BCUT2D eigenvalue weighted by atomic mass is 19.4. The average molecular weight is 245 g/mol. The summed E-state index contributed by atoms with van der Waals surface area (Å²) in [4.78, 5) is 11.5. The Morgan fingerprint density at radius 1 is 1.41 bits per heavy atom. The number of hydrogen-bond acceptors (Lipinski definition) is 2. The highest BCUT2D eigenvalue weighted by Gasteiger charge is 2.30. The third kappa shape index (κ3) is 3.85. The molecule has 1 rings (SSSR count). The minimum atomic E-state index is -4.38. The summed E-state index contributed by atoms with van der Waals surface area (Å²) >= 11 is 0. The van der Waals surface area contributed by atoms with Crippen LogP contribution in [0.25, 0.3) is 0 Å². The first kappa shape index (κ1) is 13.7. The maximum Gasteiger partial charge on any atom is 0.416 e. The van der Waals surface area contributed by atoms with Gasteiger partial charge in [0.25, 0.3) is 0 Å². The van der Waals surface area contributed by atoms with Gasteiger partial charge in [0.2, 0.25) is 0 Å². The topological polar surface area (TPSA) is 43.1 Å². The minimum Gasteiger partial charge on any atom is -0.322 e. The van der Waals surface area contributed by atoms with Gasteiger partial charge in [0.05, 0.1) is 11.6 Å². The third-order valence-corrected chi connectivity index (χ3v) is 2.49. The van der Waals surface area contributed by atoms with Crippen molar-refractivity contribution in [3.8, 4) is 0 Å². The first-order valence-corrected chi connectivity index (χ1v) is 5.29. The Morgan fingerprint density at radius 3 is 2.59 bits per heavy atom. The first-order chi connectivity index (χ1) is 7.84. The molecule has 1 aromatic rings. The SMILES string of the molecule is CCC(N)C(=O)Cc1cccc(C(F)(F)F)c1. The maximum absolute atomic E-state index is 12.4. The van der Waals surface area contributed by atoms with Gasteiger partial charge in [0.1, 0.15) is 0 Å². The van der Waals surface area contributed by atoms with E-state index in [2.05, 4.69) is 0 Å². The summed E-state index contributed by atoms with van der Waals surface area (Å²) in [5, 5.41) is 0. The molecule has 0 bridgehead atoms. The second-order valence-electron chi connectivity index (χ2n) is 3.86. The molecule has 0 saturated carbocycles. The van der Waals surface area contributed by atoms with Crippen molar-refractivity contribution >= 4 is 5.78 Å². The fourth-order valence-corrected chi connectivity index (χ4v) is 1.42. The number of Topliss-reactive ketones (excluding diaryl/α,β-unsaturated/α-hetero) is 1. The zero-order valence-electron chi connectivity index (χ0n) is 9.42. The molecule has 0 amide bonds. The molecule has 17 heavy (non-hydrogen) atoms. The van der Waals surface area contributed by atoms with Gasteiger partial charge in [-0.1, -0.05) is 25.1 Å². The Balaban J connectivity index is 2.83. The summed E-state index contributed by atoms with van der Waals surface area (Å²) in [5.41, 5.74) is 5.12. The van der Waals surface area contributed by atoms with E-state index >= 15 is 0 Å². The van der Waals surface area contributed by atoms with E-state index in [1.165, 1.54) is 12.1 Å². The Labute approximate surface area is 97.6 Å². The summed E-state index contributed by atoms with van der Waals surface area (Å²) in [6, 6.07) is 4.15. The average Bonchev–Trinajstić information content (AvgIpc) is 2.27. The predicted octanol–water partition coefficient (Wildman–Crippen LogP) is 2.55. The van der Waals surface area contributed by atoms with E-state index in [0.717, 1.165) is 12.1 Å². The molecule has 0 aromatic heterocycles. The zero-order valence-corrected chi connectivity index (χ0v) is 9.42. The van der Waals surface area contributed by atoms with Crippen LogP contribution < -0.4 is 5.73 Å². The second-order valence-corrected chi connectivity index (χ2v) is 3.86. The quantitative estimate of drug-likeness (QED) is 0.885. The summed E-state index contributed by atoms with van der Waals surface area (Å²) in [6.45, 7) is 1.76. The summed E-state index contributed by atoms with van der Waals surface area (Å²) in [6.07, 6.45) is -3.96. The molecule has 0 aliphatic rings. The van der Waals surface area contributed by atoms with Crippen LogP contribution in [0.3, 0.4) is 0 Å². The zero-order chi connectivity index (χ0) is 13.1. The predicted molar refractivity (Wildman–Crippen MR) is 58.4 cm³/mol. The monoisotopic (exact) mass is 245 g/mol. The van der Waals surface area contributed by atoms with Gasteiger partial charge in [-0.2, -0.15) is 13.2 Å². The van der Waals surface area contributed by atoms with Crippen molar-refractivity contribution in [3.05, 3.63) is 35.4 Å². The van der Waals surface area contributed by atoms with E-state index in [0.29, 0.717) is 12.0 Å². The molecule has 1 aromatic carbocycles. The maximum atomic E-state index is 12.4. The molecular formula is C12H14F3NO. The van der Waals surface area contributed by atoms with E-state index in [-0.39, 0.29) is 12.2 Å². The molecule has 1 atom stereocenters. The van der Waals surface area contributed by atoms with Crippen LogP contribution in [0.5, 0.6) is 0 Å². The van der Waals surface area contributed by atoms with Gasteiger partial charge in [0.15, 0.2) is 5.78 Å². The Hall–Kier alpha value is -1.36. The highest BCUT2D eigenvalue weighted by molar-refractivity contribution is 5.85. The fourth-order valence-electron chi connectivity index (χ4n) is 1.42. The number of nitrogens with two attached hydrogens (primary N) is 1. The summed E-state index contributed by atoms with van der Waals surface area (Å²) in [5.74, 6) is -0.244. The van der Waals surface area contributed by atoms with Crippen molar-refractivity contribution in [3.63, 3.8) is 0 Å². The lowest BCUT2D eigenvalue weighted by molar-refractivity contribution is -0.137. The number of alkyl halides is 3. The summed E-state index contributed by atoms with van der Waals surface area (Å²) in [7, 11) is 0. The first-order valence-electron chi connectivity index (χ1n) is 5.29. The van der Waals surface area contributed by atoms with Crippen LogP contribution in [-0.2, 0) is 17.4 Å². The number of ketones is 1. The number of carbonyl (C=O) groups is 1. The van der Waals surface area contributed by atoms with Crippen molar-refractivity contribution in [1.29, 1.82) is 0 Å². The Bertz CT molecular complexity index is 401. The number of rotatable bonds is 4. The lowest BCUT2D eigenvalue weighted by Crippen LogP contribution is -2.30. The Morgan fingerprint density at radius 2 is 2.06 bits per heavy atom. The third-order valence-electron chi connectivity index (χ3n) is 2.49. The van der Waals surface area contributed by atoms with Gasteiger partial charge < -0.3 is 5.73 Å². The van der Waals surface area contributed by atoms with Crippen molar-refractivity contribution < 1.29 is 18.0 Å². The van der Waals surface area contributed by atoms with Crippen molar-refractivity contribution in [2.75, 3.05) is 0 Å². The van der Waals surface area contributed by atoms with Crippen molar-refractivity contribution in [1.82, 2.24) is 0 Å². The number of halogens is 3. The van der Waals surface area contributed by atoms with Crippen LogP contribution >= 0.6 is 0 Å². The van der Waals surface area contributed by atoms with Crippen LogP contribution in [0.4, 0.5) is 13.2 Å². The lowest BCUT2D eigenvalue weighted by atomic mass is 10.0. The highest BCUT2D eigenvalue weighted by Crippen LogP contribution is 2.29. The van der Waals surface area contributed by atoms with Gasteiger partial charge in [-0.15, -0.1) is 0 Å². The van der Waals surface area contributed by atoms with Crippen molar-refractivity contribution in [2.45, 2.75) is 32.0 Å². The molecule has 2 N–H and O–H groups in total. The van der Waals surface area contributed by atoms with Crippen LogP contribution in [0, 0.1) is 0 Å². The molecule has 5 heteroatoms. The van der Waals surface area contributed by atoms with E-state index in [1.54, 1.807) is 6.92 Å². The lowest BCUT2D eigenvalue weighted by Gasteiger charge is -2.10. The van der Waals surface area contributed by atoms with Gasteiger partial charge in [-0.3, -0.25) is 4.79 Å². The van der Waals surface area contributed by atoms with Crippen LogP contribution in [0.1, 0.15) is 24.5 Å². The number of hydrogen-bond donors (Lipinski definition) is 1. The Kier molecular flexibility index (Phi) is 4.28. The van der Waals surface area contributed by atoms with Crippen LogP contribution in [0.2, 0.25) is 0 Å². The standard InChI is InChI=1S/C12H14F3NO/c1-2-10(16)11(17)7-8-4-3-5-9(6-8)12(13,14)15/h3-6,10H,2,7,16H2,1H3. The molecular weight excluding hydrogens is 231 g/mol. The van der Waals surface area contributed by atoms with E-state index < -0.39 is 17.8 Å². The molecule has 94 valence electrons. The molecule has 0 spiro atoms. The fraction of sp³-hybridized carbons (Fsp3) is 0.417. The number of carbonyl (C=O) groups excluding carboxylic acids is 1. The molecule has 0 fully saturated rings. The molecule has 1 unspecified atom stereocenters. The second kappa shape index (κ2) is 5.31. The molecule has 0 saturated heterocycles. The van der Waals surface area contributed by atoms with Gasteiger partial charge in [0, 0.05) is 6.42 Å². The van der Waals surface area contributed by atoms with E-state index in [9.17, 15) is 18.0 Å². The normalized spacial score (nSPS) is 13.5. The van der Waals surface area contributed by atoms with Gasteiger partial charge >= 0.3 is 6.18 Å². The molecule has 0 radical (unpaired) electrons. The van der Waals surface area contributed by atoms with Gasteiger partial charge in [-0.25, -0.2) is 0 Å². The van der Waals surface area contributed by atoms with E-state index in [4.69, 9.17) is 5.73 Å². The molecule has 0 aliphatic carbocycles. The van der Waals surface area contributed by atoms with Crippen LogP contribution in [0.15, 0.2) is 24.3 Å². The molecule has 0 heterocycles. The van der Waals surface area contributed by atoms with Crippen LogP contribution in [-0.4, -0.2) is 11.8 Å². The largest absolute Gasteiger partial charge is 0.416 e. The molecule has 2 nitrogen and oxygen atoms in total. The van der Waals surface area contributed by atoms with E-state index in [1.807, 2.05) is 0 Å². The summed E-state index contributed by atoms with van der Waals surface area (Å²) < 4.78 is 37.3.